The second kappa shape index (κ2) is 5.71. The summed E-state index contributed by atoms with van der Waals surface area (Å²) in [5.74, 6) is -0.198. The van der Waals surface area contributed by atoms with Crippen LogP contribution in [0.5, 0.6) is 0 Å². The molecule has 3 aliphatic rings. The van der Waals surface area contributed by atoms with Crippen molar-refractivity contribution in [3.8, 4) is 0 Å². The Balaban J connectivity index is 1.75. The Hall–Kier alpha value is -1.20. The van der Waals surface area contributed by atoms with Gasteiger partial charge in [0, 0.05) is 0 Å². The summed E-state index contributed by atoms with van der Waals surface area (Å²) in [6, 6.07) is 6.44. The number of carbonyl (C=O) groups is 2. The van der Waals surface area contributed by atoms with Gasteiger partial charge in [-0.25, -0.2) is 0 Å². The van der Waals surface area contributed by atoms with Gasteiger partial charge in [0.05, 0.1) is 0 Å². The average Bonchev–Trinajstić information content (AvgIpc) is 3.06. The summed E-state index contributed by atoms with van der Waals surface area (Å²) < 4.78 is 4.30. The van der Waals surface area contributed by atoms with Crippen molar-refractivity contribution in [2.45, 2.75) is 26.7 Å². The molecule has 3 aliphatic heterocycles. The van der Waals surface area contributed by atoms with Crippen molar-refractivity contribution in [2.24, 2.45) is 0 Å². The number of nitrogens with one attached hydrogen (secondary N) is 1. The summed E-state index contributed by atoms with van der Waals surface area (Å²) >= 11 is -1.27. The molecule has 1 fully saturated rings. The van der Waals surface area contributed by atoms with Crippen LogP contribution in [0.3, 0.4) is 0 Å². The molecule has 1 N–H and O–H groups in total. The summed E-state index contributed by atoms with van der Waals surface area (Å²) in [6.45, 7) is 4.25. The molecule has 0 aromatic heterocycles. The van der Waals surface area contributed by atoms with Gasteiger partial charge in [0.25, 0.3) is 0 Å². The van der Waals surface area contributed by atoms with Crippen molar-refractivity contribution in [3.63, 3.8) is 0 Å². The van der Waals surface area contributed by atoms with Gasteiger partial charge in [-0.15, -0.1) is 0 Å². The van der Waals surface area contributed by atoms with E-state index in [4.69, 9.17) is 0 Å². The first kappa shape index (κ1) is 15.3. The Bertz CT molecular complexity index is 847. The van der Waals surface area contributed by atoms with Gasteiger partial charge >= 0.3 is 148 Å². The third kappa shape index (κ3) is 2.45. The van der Waals surface area contributed by atoms with Crippen LogP contribution in [-0.2, 0) is 4.79 Å². The molecule has 0 aliphatic carbocycles. The second-order valence-electron chi connectivity index (χ2n) is 6.37. The van der Waals surface area contributed by atoms with Crippen LogP contribution in [0.1, 0.15) is 37.8 Å². The van der Waals surface area contributed by atoms with Crippen molar-refractivity contribution in [1.29, 1.82) is 0 Å². The Kier molecular flexibility index (Phi) is 3.81. The van der Waals surface area contributed by atoms with Crippen LogP contribution in [0.25, 0.3) is 9.41 Å². The molecule has 0 spiro atoms. The number of imide groups is 1. The van der Waals surface area contributed by atoms with Crippen LogP contribution in [0.15, 0.2) is 38.1 Å². The fraction of sp³-hybridized carbons (Fsp3) is 0.222. The fourth-order valence-electron chi connectivity index (χ4n) is 3.68. The van der Waals surface area contributed by atoms with Crippen LogP contribution in [-0.4, -0.2) is 32.6 Å². The number of hydrogen-bond donors (Lipinski definition) is 1. The van der Waals surface area contributed by atoms with E-state index in [-0.39, 0.29) is 11.1 Å². The first-order valence-electron chi connectivity index (χ1n) is 7.80. The Morgan fingerprint density at radius 2 is 2.13 bits per heavy atom. The minimum atomic E-state index is -2.36. The average molecular weight is 425 g/mol. The van der Waals surface area contributed by atoms with Gasteiger partial charge in [-0.2, -0.15) is 0 Å². The molecule has 3 nitrogen and oxygen atoms in total. The van der Waals surface area contributed by atoms with Gasteiger partial charge in [-0.05, 0) is 0 Å². The molecule has 3 heterocycles. The molecule has 1 saturated heterocycles. The topological polar surface area (TPSA) is 46.2 Å². The first-order chi connectivity index (χ1) is 11.1. The van der Waals surface area contributed by atoms with Crippen molar-refractivity contribution in [3.05, 3.63) is 49.2 Å². The Morgan fingerprint density at radius 1 is 1.30 bits per heavy atom. The molecular formula is C18H16InNO2S. The molecule has 0 atom stereocenters. The van der Waals surface area contributed by atoms with E-state index in [9.17, 15) is 9.59 Å². The number of amides is 2. The second-order valence-corrected chi connectivity index (χ2v) is 15.4. The molecule has 0 saturated carbocycles. The van der Waals surface area contributed by atoms with Gasteiger partial charge in [0.2, 0.25) is 0 Å². The molecule has 5 heteroatoms. The van der Waals surface area contributed by atoms with Crippen molar-refractivity contribution >= 4 is 57.1 Å². The summed E-state index contributed by atoms with van der Waals surface area (Å²) in [7, 11) is 0. The molecule has 114 valence electrons. The molecule has 1 aromatic carbocycles. The van der Waals surface area contributed by atoms with Crippen LogP contribution < -0.4 is 8.64 Å². The third-order valence-corrected chi connectivity index (χ3v) is 16.1. The van der Waals surface area contributed by atoms with Gasteiger partial charge in [0.1, 0.15) is 0 Å². The predicted octanol–water partition coefficient (Wildman–Crippen LogP) is 3.32. The number of carbonyl (C=O) groups excluding carboxylic acids is 2. The molecule has 0 radical (unpaired) electrons. The summed E-state index contributed by atoms with van der Waals surface area (Å²) in [6.07, 6.45) is 6.79. The van der Waals surface area contributed by atoms with Crippen LogP contribution in [0.2, 0.25) is 0 Å². The van der Waals surface area contributed by atoms with E-state index in [2.05, 4.69) is 49.5 Å². The quantitative estimate of drug-likeness (QED) is 0.597. The maximum atomic E-state index is 12.2. The van der Waals surface area contributed by atoms with E-state index in [0.717, 1.165) is 24.6 Å². The monoisotopic (exact) mass is 425 g/mol. The number of benzene rings is 1. The van der Waals surface area contributed by atoms with E-state index < -0.39 is 21.4 Å². The normalized spacial score (nSPS) is 21.0. The molecule has 4 bridgehead atoms. The van der Waals surface area contributed by atoms with Crippen molar-refractivity contribution in [2.75, 3.05) is 0 Å². The summed E-state index contributed by atoms with van der Waals surface area (Å²) in [4.78, 5) is 24.4. The van der Waals surface area contributed by atoms with E-state index in [1.54, 1.807) is 3.33 Å². The van der Waals surface area contributed by atoms with Crippen molar-refractivity contribution in [1.82, 2.24) is 5.32 Å². The predicted molar refractivity (Wildman–Crippen MR) is 96.5 cm³/mol. The summed E-state index contributed by atoms with van der Waals surface area (Å²) in [5.41, 5.74) is 3.89. The van der Waals surface area contributed by atoms with E-state index in [1.807, 2.05) is 0 Å². The standard InChI is InChI=1S/C18H16NO2S.In/c1-13(2)8-4-3-5-9-14-10-6-7-11-15(14)12-16-17(20)19-18(21)22-16;/h6-9,11H,3-4H2,1-2H3,(H,19,20,21);. The molecular weight excluding hydrogens is 409 g/mol. The van der Waals surface area contributed by atoms with Crippen LogP contribution in [0.4, 0.5) is 4.79 Å². The fourth-order valence-corrected chi connectivity index (χ4v) is 16.2. The number of rotatable bonds is 3. The molecule has 2 amide bonds. The van der Waals surface area contributed by atoms with Gasteiger partial charge < -0.3 is 0 Å². The van der Waals surface area contributed by atoms with Gasteiger partial charge in [-0.3, -0.25) is 0 Å². The molecule has 0 unspecified atom stereocenters. The summed E-state index contributed by atoms with van der Waals surface area (Å²) in [5, 5.41) is 2.19. The SMILES string of the molecule is CC(C)=CCC[C]1=Cc2c3ccc[c]2[In]1/[C]3=C1\SC(=O)NC1=O. The van der Waals surface area contributed by atoms with Gasteiger partial charge in [-0.1, -0.05) is 0 Å². The Morgan fingerprint density at radius 3 is 2.78 bits per heavy atom. The third-order valence-electron chi connectivity index (χ3n) is 4.58. The molecule has 1 aromatic rings. The van der Waals surface area contributed by atoms with E-state index in [0.29, 0.717) is 4.91 Å². The number of allylic oxidation sites excluding steroid dienone is 3. The van der Waals surface area contributed by atoms with E-state index >= 15 is 0 Å². The zero-order valence-corrected chi connectivity index (χ0v) is 17.2. The zero-order chi connectivity index (χ0) is 16.1. The van der Waals surface area contributed by atoms with Crippen molar-refractivity contribution < 1.29 is 9.59 Å². The minimum absolute atomic E-state index is 0.198. The van der Waals surface area contributed by atoms with Crippen LogP contribution in [0, 0.1) is 0 Å². The first-order valence-corrected chi connectivity index (χ1v) is 13.6. The molecule has 4 rings (SSSR count). The Labute approximate surface area is 147 Å². The zero-order valence-electron chi connectivity index (χ0n) is 13.1. The van der Waals surface area contributed by atoms with Crippen LogP contribution >= 0.6 is 11.8 Å². The maximum absolute atomic E-state index is 12.2. The molecule has 23 heavy (non-hydrogen) atoms. The van der Waals surface area contributed by atoms with Gasteiger partial charge in [0.15, 0.2) is 0 Å². The van der Waals surface area contributed by atoms with E-state index in [1.165, 1.54) is 23.3 Å². The number of thioether (sulfide) groups is 1. The number of hydrogen-bond acceptors (Lipinski definition) is 3.